The van der Waals surface area contributed by atoms with Gasteiger partial charge < -0.3 is 10.2 Å². The van der Waals surface area contributed by atoms with E-state index in [4.69, 9.17) is 5.41 Å². The molecule has 0 heterocycles. The number of hydrogen-bond acceptors (Lipinski definition) is 5. The number of nitrogens with one attached hydrogen (secondary N) is 3. The van der Waals surface area contributed by atoms with Gasteiger partial charge in [-0.05, 0) is 73.0 Å². The van der Waals surface area contributed by atoms with Crippen LogP contribution < -0.4 is 20.5 Å². The van der Waals surface area contributed by atoms with Crippen LogP contribution in [0.5, 0.6) is 0 Å². The van der Waals surface area contributed by atoms with Crippen LogP contribution in [0.4, 0.5) is 28.4 Å². The lowest BCUT2D eigenvalue weighted by Crippen LogP contribution is -2.22. The maximum Gasteiger partial charge on any atom is 0.221 e. The molecule has 0 aromatic heterocycles. The number of nitrogens with zero attached hydrogens (tertiary/aromatic N) is 3. The van der Waals surface area contributed by atoms with E-state index < -0.39 is 0 Å². The molecule has 7 heteroatoms. The maximum atomic E-state index is 11.7. The fraction of sp³-hybridized carbons (Fsp3) is 0.156. The summed E-state index contributed by atoms with van der Waals surface area (Å²) in [4.78, 5) is 15.8. The molecule has 0 radical (unpaired) electrons. The lowest BCUT2D eigenvalue weighted by molar-refractivity contribution is -0.114. The second-order valence-electron chi connectivity index (χ2n) is 9.48. The summed E-state index contributed by atoms with van der Waals surface area (Å²) < 4.78 is 0. The monoisotopic (exact) mass is 518 g/mol. The number of carbonyl (C=O) groups is 1. The Morgan fingerprint density at radius 3 is 2.33 bits per heavy atom. The molecule has 0 aliphatic heterocycles. The molecular formula is C32H34N6O. The minimum Gasteiger partial charge on any atom is -0.369 e. The van der Waals surface area contributed by atoms with Crippen molar-refractivity contribution >= 4 is 47.4 Å². The Labute approximate surface area is 230 Å². The first kappa shape index (κ1) is 27.1. The second kappa shape index (κ2) is 12.1. The molecule has 3 N–H and O–H groups in total. The molecule has 7 nitrogen and oxygen atoms in total. The molecule has 0 atom stereocenters. The minimum absolute atomic E-state index is 0.108. The Hall–Kier alpha value is -4.91. The smallest absolute Gasteiger partial charge is 0.221 e. The highest BCUT2D eigenvalue weighted by Gasteiger charge is 2.16. The lowest BCUT2D eigenvalue weighted by Gasteiger charge is -2.28. The highest BCUT2D eigenvalue weighted by atomic mass is 16.1. The number of para-hydroxylation sites is 2. The van der Waals surface area contributed by atoms with Crippen molar-refractivity contribution in [3.8, 4) is 11.1 Å². The molecular weight excluding hydrogens is 484 g/mol. The molecule has 198 valence electrons. The Morgan fingerprint density at radius 1 is 0.949 bits per heavy atom. The van der Waals surface area contributed by atoms with E-state index in [9.17, 15) is 4.79 Å². The van der Waals surface area contributed by atoms with E-state index in [-0.39, 0.29) is 5.91 Å². The van der Waals surface area contributed by atoms with Gasteiger partial charge in [0, 0.05) is 44.2 Å². The summed E-state index contributed by atoms with van der Waals surface area (Å²) in [7, 11) is 2.05. The topological polar surface area (TPSA) is 83.8 Å². The summed E-state index contributed by atoms with van der Waals surface area (Å²) in [6.07, 6.45) is 1.34. The van der Waals surface area contributed by atoms with Gasteiger partial charge in [0.1, 0.15) is 0 Å². The molecule has 0 unspecified atom stereocenters. The van der Waals surface area contributed by atoms with E-state index in [2.05, 4.69) is 59.6 Å². The van der Waals surface area contributed by atoms with Gasteiger partial charge in [-0.25, -0.2) is 0 Å². The van der Waals surface area contributed by atoms with Gasteiger partial charge >= 0.3 is 0 Å². The Kier molecular flexibility index (Phi) is 8.41. The largest absolute Gasteiger partial charge is 0.369 e. The molecule has 4 aromatic carbocycles. The van der Waals surface area contributed by atoms with Crippen LogP contribution in [0.15, 0.2) is 90.0 Å². The fourth-order valence-corrected chi connectivity index (χ4v) is 4.67. The van der Waals surface area contributed by atoms with Crippen LogP contribution in [-0.2, 0) is 11.3 Å². The zero-order chi connectivity index (χ0) is 27.9. The molecule has 0 spiro atoms. The first-order chi connectivity index (χ1) is 18.8. The number of carbonyl (C=O) groups excluding carboxylic acids is 1. The quantitative estimate of drug-likeness (QED) is 0.117. The van der Waals surface area contributed by atoms with Crippen molar-refractivity contribution in [2.24, 2.45) is 5.10 Å². The zero-order valence-electron chi connectivity index (χ0n) is 22.8. The third kappa shape index (κ3) is 6.15. The minimum atomic E-state index is -0.108. The van der Waals surface area contributed by atoms with Crippen molar-refractivity contribution in [2.75, 3.05) is 27.6 Å². The summed E-state index contributed by atoms with van der Waals surface area (Å²) >= 11 is 0. The van der Waals surface area contributed by atoms with Crippen LogP contribution in [0.1, 0.15) is 23.6 Å². The van der Waals surface area contributed by atoms with E-state index in [0.29, 0.717) is 6.54 Å². The van der Waals surface area contributed by atoms with Gasteiger partial charge in [-0.2, -0.15) is 5.10 Å². The molecule has 0 aliphatic rings. The van der Waals surface area contributed by atoms with Crippen LogP contribution in [0.2, 0.25) is 0 Å². The van der Waals surface area contributed by atoms with Gasteiger partial charge in [-0.1, -0.05) is 48.0 Å². The van der Waals surface area contributed by atoms with Gasteiger partial charge in [-0.3, -0.25) is 20.5 Å². The van der Waals surface area contributed by atoms with Gasteiger partial charge in [-0.15, -0.1) is 0 Å². The van der Waals surface area contributed by atoms with Gasteiger partial charge in [0.25, 0.3) is 0 Å². The summed E-state index contributed by atoms with van der Waals surface area (Å²) in [5, 5.41) is 15.0. The van der Waals surface area contributed by atoms with Crippen molar-refractivity contribution < 1.29 is 4.79 Å². The van der Waals surface area contributed by atoms with Crippen molar-refractivity contribution in [2.45, 2.75) is 27.3 Å². The second-order valence-corrected chi connectivity index (χ2v) is 9.48. The number of aryl methyl sites for hydroxylation is 1. The van der Waals surface area contributed by atoms with Crippen molar-refractivity contribution in [3.63, 3.8) is 0 Å². The zero-order valence-corrected chi connectivity index (χ0v) is 22.8. The van der Waals surface area contributed by atoms with E-state index in [0.717, 1.165) is 50.7 Å². The molecule has 0 saturated carbocycles. The van der Waals surface area contributed by atoms with Gasteiger partial charge in [0.2, 0.25) is 5.91 Å². The first-order valence-corrected chi connectivity index (χ1v) is 12.7. The third-order valence-corrected chi connectivity index (χ3v) is 6.68. The molecule has 0 saturated heterocycles. The molecule has 0 aliphatic carbocycles. The van der Waals surface area contributed by atoms with Crippen LogP contribution in [-0.4, -0.2) is 26.0 Å². The lowest BCUT2D eigenvalue weighted by atomic mass is 10.0. The normalized spacial score (nSPS) is 10.5. The van der Waals surface area contributed by atoms with Crippen molar-refractivity contribution in [1.29, 1.82) is 5.41 Å². The Balaban J connectivity index is 1.64. The predicted molar refractivity (Wildman–Crippen MR) is 165 cm³/mol. The van der Waals surface area contributed by atoms with Crippen molar-refractivity contribution in [3.05, 3.63) is 102 Å². The SMILES string of the molecule is C=NNc1cccc(CN(C)c2ccccc2N(C=N)c2ccc(-c3cc(C)ccc3NC(C)=O)cc2)c1C. The number of anilines is 5. The van der Waals surface area contributed by atoms with E-state index >= 15 is 0 Å². The number of hydrazone groups is 1. The molecule has 39 heavy (non-hydrogen) atoms. The van der Waals surface area contributed by atoms with Crippen LogP contribution >= 0.6 is 0 Å². The third-order valence-electron chi connectivity index (χ3n) is 6.68. The van der Waals surface area contributed by atoms with E-state index in [1.165, 1.54) is 18.8 Å². The standard InChI is InChI=1S/C32H34N6O/c1-22-13-18-30(35-24(3)39)28(19-22)25-14-16-27(17-15-25)38(21-33)32-12-7-6-11-31(32)37(5)20-26-9-8-10-29(23(26)2)36-34-4/h6-19,21,33,36H,4,20H2,1-3,5H3,(H,35,39). The molecule has 1 amide bonds. The molecule has 0 fully saturated rings. The predicted octanol–water partition coefficient (Wildman–Crippen LogP) is 7.34. The maximum absolute atomic E-state index is 11.7. The Morgan fingerprint density at radius 2 is 1.67 bits per heavy atom. The molecule has 4 aromatic rings. The highest BCUT2D eigenvalue weighted by Crippen LogP contribution is 2.36. The molecule has 0 bridgehead atoms. The van der Waals surface area contributed by atoms with Crippen molar-refractivity contribution in [1.82, 2.24) is 0 Å². The Bertz CT molecular complexity index is 1500. The summed E-state index contributed by atoms with van der Waals surface area (Å²) in [6.45, 7) is 9.82. The van der Waals surface area contributed by atoms with Crippen LogP contribution in [0.3, 0.4) is 0 Å². The van der Waals surface area contributed by atoms with E-state index in [1.807, 2.05) is 78.6 Å². The number of amides is 1. The molecule has 4 rings (SSSR count). The summed E-state index contributed by atoms with van der Waals surface area (Å²) in [6, 6.07) is 28.2. The van der Waals surface area contributed by atoms with Crippen LogP contribution in [0.25, 0.3) is 11.1 Å². The number of hydrogen-bond donors (Lipinski definition) is 3. The van der Waals surface area contributed by atoms with Gasteiger partial charge in [0.15, 0.2) is 0 Å². The number of rotatable bonds is 10. The average molecular weight is 519 g/mol. The summed E-state index contributed by atoms with van der Waals surface area (Å²) in [5.74, 6) is -0.108. The number of benzene rings is 4. The summed E-state index contributed by atoms with van der Waals surface area (Å²) in [5.41, 5.74) is 12.8. The highest BCUT2D eigenvalue weighted by molar-refractivity contribution is 5.96. The van der Waals surface area contributed by atoms with E-state index in [1.54, 1.807) is 0 Å². The fourth-order valence-electron chi connectivity index (χ4n) is 4.67. The van der Waals surface area contributed by atoms with Gasteiger partial charge in [0.05, 0.1) is 23.4 Å². The first-order valence-electron chi connectivity index (χ1n) is 12.7. The van der Waals surface area contributed by atoms with Crippen LogP contribution in [0, 0.1) is 19.3 Å². The average Bonchev–Trinajstić information content (AvgIpc) is 2.93.